The van der Waals surface area contributed by atoms with Crippen molar-refractivity contribution in [2.45, 2.75) is 25.9 Å². The predicted molar refractivity (Wildman–Crippen MR) is 73.4 cm³/mol. The largest absolute Gasteiger partial charge is 0.388 e. The molecule has 2 N–H and O–H groups in total. The van der Waals surface area contributed by atoms with Crippen LogP contribution in [0.2, 0.25) is 0 Å². The lowest BCUT2D eigenvalue weighted by Crippen LogP contribution is -2.34. The van der Waals surface area contributed by atoms with Gasteiger partial charge < -0.3 is 15.2 Å². The van der Waals surface area contributed by atoms with Crippen molar-refractivity contribution in [2.75, 3.05) is 25.6 Å². The summed E-state index contributed by atoms with van der Waals surface area (Å²) in [4.78, 5) is 10.6. The topological polar surface area (TPSA) is 84.6 Å². The summed E-state index contributed by atoms with van der Waals surface area (Å²) < 4.78 is 4.91. The Morgan fingerprint density at radius 2 is 2.21 bits per heavy atom. The van der Waals surface area contributed by atoms with E-state index < -0.39 is 10.5 Å². The number of methoxy groups -OCH3 is 1. The second kappa shape index (κ2) is 6.49. The smallest absolute Gasteiger partial charge is 0.295 e. The van der Waals surface area contributed by atoms with E-state index in [1.54, 1.807) is 39.2 Å². The van der Waals surface area contributed by atoms with Gasteiger partial charge >= 0.3 is 0 Å². The van der Waals surface area contributed by atoms with Crippen molar-refractivity contribution in [3.63, 3.8) is 0 Å². The first-order valence-corrected chi connectivity index (χ1v) is 6.06. The quantitative estimate of drug-likeness (QED) is 0.584. The van der Waals surface area contributed by atoms with Gasteiger partial charge in [0.05, 0.1) is 10.5 Å². The maximum absolute atomic E-state index is 11.0. The van der Waals surface area contributed by atoms with Crippen molar-refractivity contribution in [3.05, 3.63) is 33.9 Å². The van der Waals surface area contributed by atoms with Crippen LogP contribution in [0.15, 0.2) is 18.2 Å². The normalized spacial score (nSPS) is 13.9. The monoisotopic (exact) mass is 268 g/mol. The molecule has 0 heterocycles. The number of hydrogen-bond donors (Lipinski definition) is 2. The second-order valence-electron chi connectivity index (χ2n) is 4.82. The lowest BCUT2D eigenvalue weighted by molar-refractivity contribution is -0.384. The van der Waals surface area contributed by atoms with Gasteiger partial charge in [-0.05, 0) is 19.9 Å². The Labute approximate surface area is 112 Å². The molecule has 6 nitrogen and oxygen atoms in total. The summed E-state index contributed by atoms with van der Waals surface area (Å²) in [5, 5.41) is 24.1. The van der Waals surface area contributed by atoms with E-state index in [0.717, 1.165) is 0 Å². The number of benzene rings is 1. The van der Waals surface area contributed by atoms with Crippen LogP contribution < -0.4 is 5.32 Å². The Bertz CT molecular complexity index is 446. The van der Waals surface area contributed by atoms with Crippen molar-refractivity contribution in [1.29, 1.82) is 0 Å². The van der Waals surface area contributed by atoms with E-state index in [0.29, 0.717) is 24.3 Å². The highest BCUT2D eigenvalue weighted by Crippen LogP contribution is 2.28. The van der Waals surface area contributed by atoms with E-state index in [4.69, 9.17) is 4.74 Å². The van der Waals surface area contributed by atoms with Gasteiger partial charge in [0.2, 0.25) is 0 Å². The van der Waals surface area contributed by atoms with Gasteiger partial charge in [-0.1, -0.05) is 12.1 Å². The zero-order valence-electron chi connectivity index (χ0n) is 11.5. The fourth-order valence-electron chi connectivity index (χ4n) is 1.74. The van der Waals surface area contributed by atoms with E-state index >= 15 is 0 Å². The number of para-hydroxylation sites is 1. The molecule has 0 bridgehead atoms. The zero-order valence-corrected chi connectivity index (χ0v) is 11.5. The summed E-state index contributed by atoms with van der Waals surface area (Å²) >= 11 is 0. The molecule has 0 aliphatic carbocycles. The Balaban J connectivity index is 2.78. The number of nitro groups is 1. The molecule has 106 valence electrons. The van der Waals surface area contributed by atoms with Crippen LogP contribution >= 0.6 is 0 Å². The molecule has 1 aromatic rings. The van der Waals surface area contributed by atoms with E-state index in [1.807, 2.05) is 0 Å². The van der Waals surface area contributed by atoms with Gasteiger partial charge in [-0.2, -0.15) is 0 Å². The highest BCUT2D eigenvalue weighted by atomic mass is 16.6. The third kappa shape index (κ3) is 4.50. The molecule has 1 unspecified atom stereocenters. The summed E-state index contributed by atoms with van der Waals surface area (Å²) in [6.07, 6.45) is 0.454. The minimum atomic E-state index is -0.979. The summed E-state index contributed by atoms with van der Waals surface area (Å²) in [6.45, 7) is 4.01. The summed E-state index contributed by atoms with van der Waals surface area (Å²) in [7, 11) is 1.56. The number of ether oxygens (including phenoxy) is 1. The Morgan fingerprint density at radius 1 is 1.53 bits per heavy atom. The van der Waals surface area contributed by atoms with Crippen LogP contribution in [0, 0.1) is 17.0 Å². The number of hydrogen-bond acceptors (Lipinski definition) is 5. The Kier molecular flexibility index (Phi) is 5.26. The predicted octanol–water partition coefficient (Wildman–Crippen LogP) is 2.10. The molecule has 1 aromatic carbocycles. The van der Waals surface area contributed by atoms with E-state index in [-0.39, 0.29) is 12.2 Å². The molecule has 0 saturated heterocycles. The fourth-order valence-corrected chi connectivity index (χ4v) is 1.74. The maximum atomic E-state index is 11.0. The Morgan fingerprint density at radius 3 is 2.79 bits per heavy atom. The minimum Gasteiger partial charge on any atom is -0.388 e. The first-order valence-electron chi connectivity index (χ1n) is 6.06. The Hall–Kier alpha value is -1.66. The van der Waals surface area contributed by atoms with E-state index in [2.05, 4.69) is 5.32 Å². The molecule has 0 radical (unpaired) electrons. The molecular formula is C13H20N2O4. The van der Waals surface area contributed by atoms with Crippen molar-refractivity contribution in [1.82, 2.24) is 0 Å². The molecule has 0 amide bonds. The first kappa shape index (κ1) is 15.4. The van der Waals surface area contributed by atoms with Crippen LogP contribution in [-0.2, 0) is 4.74 Å². The van der Waals surface area contributed by atoms with Gasteiger partial charge in [0.25, 0.3) is 5.69 Å². The van der Waals surface area contributed by atoms with Crippen LogP contribution in [0.25, 0.3) is 0 Å². The highest BCUT2D eigenvalue weighted by molar-refractivity contribution is 5.65. The molecule has 1 atom stereocenters. The second-order valence-corrected chi connectivity index (χ2v) is 4.82. The van der Waals surface area contributed by atoms with Gasteiger partial charge in [0.1, 0.15) is 5.69 Å². The minimum absolute atomic E-state index is 0.0463. The van der Waals surface area contributed by atoms with Crippen LogP contribution in [0.5, 0.6) is 0 Å². The lowest BCUT2D eigenvalue weighted by atomic mass is 10.0. The van der Waals surface area contributed by atoms with Crippen molar-refractivity contribution in [3.8, 4) is 0 Å². The van der Waals surface area contributed by atoms with Crippen molar-refractivity contribution in [2.24, 2.45) is 0 Å². The molecule has 0 aliphatic rings. The van der Waals surface area contributed by atoms with Crippen molar-refractivity contribution >= 4 is 11.4 Å². The zero-order chi connectivity index (χ0) is 14.5. The standard InChI is InChI=1S/C13H20N2O4/c1-10-5-4-6-11(12(10)15(17)18)14-9-13(2,16)7-8-19-3/h4-6,14,16H,7-9H2,1-3H3. The summed E-state index contributed by atoms with van der Waals surface area (Å²) in [5.74, 6) is 0. The number of rotatable bonds is 7. The molecule has 0 spiro atoms. The average Bonchev–Trinajstić information content (AvgIpc) is 2.33. The SMILES string of the molecule is COCCC(C)(O)CNc1cccc(C)c1[N+](=O)[O-]. The lowest BCUT2D eigenvalue weighted by Gasteiger charge is -2.23. The van der Waals surface area contributed by atoms with Gasteiger partial charge in [-0.25, -0.2) is 0 Å². The molecule has 19 heavy (non-hydrogen) atoms. The highest BCUT2D eigenvalue weighted by Gasteiger charge is 2.22. The number of anilines is 1. The number of aryl methyl sites for hydroxylation is 1. The van der Waals surface area contributed by atoms with Crippen molar-refractivity contribution < 1.29 is 14.8 Å². The average molecular weight is 268 g/mol. The number of nitrogens with one attached hydrogen (secondary N) is 1. The van der Waals surface area contributed by atoms with Gasteiger partial charge in [-0.15, -0.1) is 0 Å². The number of nitrogens with zero attached hydrogens (tertiary/aromatic N) is 1. The first-order chi connectivity index (χ1) is 8.87. The van der Waals surface area contributed by atoms with Gasteiger partial charge in [-0.3, -0.25) is 10.1 Å². The summed E-state index contributed by atoms with van der Waals surface area (Å²) in [6, 6.07) is 5.07. The molecule has 0 fully saturated rings. The third-order valence-corrected chi connectivity index (χ3v) is 2.92. The molecule has 0 saturated carbocycles. The maximum Gasteiger partial charge on any atom is 0.295 e. The van der Waals surface area contributed by atoms with E-state index in [1.165, 1.54) is 0 Å². The van der Waals surface area contributed by atoms with E-state index in [9.17, 15) is 15.2 Å². The van der Waals surface area contributed by atoms with Gasteiger partial charge in [0.15, 0.2) is 0 Å². The summed E-state index contributed by atoms with van der Waals surface area (Å²) in [5.41, 5.74) is 0.0763. The van der Waals surface area contributed by atoms with Crippen LogP contribution in [-0.4, -0.2) is 35.9 Å². The molecule has 0 aliphatic heterocycles. The number of aliphatic hydroxyl groups is 1. The molecule has 6 heteroatoms. The van der Waals surface area contributed by atoms with Crippen LogP contribution in [0.1, 0.15) is 18.9 Å². The fraction of sp³-hybridized carbons (Fsp3) is 0.538. The van der Waals surface area contributed by atoms with Gasteiger partial charge in [0, 0.05) is 32.2 Å². The molecular weight excluding hydrogens is 248 g/mol. The third-order valence-electron chi connectivity index (χ3n) is 2.92. The molecule has 1 rings (SSSR count). The number of nitro benzene ring substituents is 1. The molecule has 0 aromatic heterocycles. The van der Waals surface area contributed by atoms with Crippen LogP contribution in [0.3, 0.4) is 0 Å². The van der Waals surface area contributed by atoms with Crippen LogP contribution in [0.4, 0.5) is 11.4 Å².